The highest BCUT2D eigenvalue weighted by atomic mass is 16.3. The number of aromatic nitrogens is 2. The van der Waals surface area contributed by atoms with Crippen molar-refractivity contribution in [1.82, 2.24) is 15.3 Å². The van der Waals surface area contributed by atoms with Crippen LogP contribution in [-0.2, 0) is 6.54 Å². The number of rotatable bonds is 5. The summed E-state index contributed by atoms with van der Waals surface area (Å²) in [6.45, 7) is 2.14. The van der Waals surface area contributed by atoms with E-state index in [9.17, 15) is 5.11 Å². The predicted molar refractivity (Wildman–Crippen MR) is 61.7 cm³/mol. The third kappa shape index (κ3) is 3.00. The van der Waals surface area contributed by atoms with Gasteiger partial charge in [0.2, 0.25) is 0 Å². The van der Waals surface area contributed by atoms with Gasteiger partial charge in [-0.25, -0.2) is 9.97 Å². The van der Waals surface area contributed by atoms with Crippen molar-refractivity contribution in [1.29, 1.82) is 0 Å². The number of aliphatic hydroxyl groups is 1. The molecule has 1 aliphatic rings. The van der Waals surface area contributed by atoms with E-state index in [1.165, 1.54) is 19.3 Å². The maximum absolute atomic E-state index is 9.21. The number of nitrogens with one attached hydrogen (secondary N) is 1. The Morgan fingerprint density at radius 1 is 1.25 bits per heavy atom. The van der Waals surface area contributed by atoms with Crippen LogP contribution in [0, 0.1) is 11.8 Å². The van der Waals surface area contributed by atoms with E-state index in [-0.39, 0.29) is 0 Å². The highest BCUT2D eigenvalue weighted by molar-refractivity contribution is 5.01. The summed E-state index contributed by atoms with van der Waals surface area (Å²) in [5.74, 6) is 1.13. The monoisotopic (exact) mass is 221 g/mol. The molecule has 1 aromatic heterocycles. The second-order valence-corrected chi connectivity index (χ2v) is 4.51. The van der Waals surface area contributed by atoms with Crippen molar-refractivity contribution in [3.63, 3.8) is 0 Å². The third-order valence-corrected chi connectivity index (χ3v) is 3.40. The fourth-order valence-electron chi connectivity index (χ4n) is 2.45. The molecule has 0 bridgehead atoms. The molecule has 0 aliphatic heterocycles. The normalized spacial score (nSPS) is 24.8. The minimum Gasteiger partial charge on any atom is -0.396 e. The Hall–Kier alpha value is -1.00. The third-order valence-electron chi connectivity index (χ3n) is 3.40. The van der Waals surface area contributed by atoms with Crippen LogP contribution in [-0.4, -0.2) is 28.2 Å². The Labute approximate surface area is 96.1 Å². The number of hydrogen-bond acceptors (Lipinski definition) is 4. The van der Waals surface area contributed by atoms with Crippen LogP contribution >= 0.6 is 0 Å². The largest absolute Gasteiger partial charge is 0.396 e. The van der Waals surface area contributed by atoms with Crippen LogP contribution in [0.15, 0.2) is 18.7 Å². The van der Waals surface area contributed by atoms with E-state index < -0.39 is 0 Å². The average molecular weight is 221 g/mol. The summed E-state index contributed by atoms with van der Waals surface area (Å²) in [4.78, 5) is 7.95. The van der Waals surface area contributed by atoms with Crippen molar-refractivity contribution in [3.05, 3.63) is 24.3 Å². The fraction of sp³-hybridized carbons (Fsp3) is 0.667. The predicted octanol–water partition coefficient (Wildman–Crippen LogP) is 0.975. The van der Waals surface area contributed by atoms with E-state index in [2.05, 4.69) is 15.3 Å². The van der Waals surface area contributed by atoms with Crippen LogP contribution in [0.4, 0.5) is 0 Å². The molecule has 0 spiro atoms. The highest BCUT2D eigenvalue weighted by Gasteiger charge is 2.25. The summed E-state index contributed by atoms with van der Waals surface area (Å²) >= 11 is 0. The van der Waals surface area contributed by atoms with E-state index in [0.717, 1.165) is 18.7 Å². The lowest BCUT2D eigenvalue weighted by atomic mass is 9.97. The SMILES string of the molecule is OCC1CCCC1CNCc1cncnc1. The van der Waals surface area contributed by atoms with E-state index in [0.29, 0.717) is 18.4 Å². The Morgan fingerprint density at radius 2 is 2.00 bits per heavy atom. The molecule has 2 unspecified atom stereocenters. The Kier molecular flexibility index (Phi) is 4.25. The molecule has 1 fully saturated rings. The summed E-state index contributed by atoms with van der Waals surface area (Å²) in [5, 5.41) is 12.6. The molecule has 0 radical (unpaired) electrons. The van der Waals surface area contributed by atoms with Gasteiger partial charge in [-0.05, 0) is 31.2 Å². The van der Waals surface area contributed by atoms with Crippen molar-refractivity contribution in [2.24, 2.45) is 11.8 Å². The molecule has 88 valence electrons. The zero-order chi connectivity index (χ0) is 11.2. The van der Waals surface area contributed by atoms with Gasteiger partial charge in [0.15, 0.2) is 0 Å². The van der Waals surface area contributed by atoms with E-state index in [1.807, 2.05) is 12.4 Å². The lowest BCUT2D eigenvalue weighted by molar-refractivity contribution is 0.192. The van der Waals surface area contributed by atoms with Gasteiger partial charge in [-0.15, -0.1) is 0 Å². The van der Waals surface area contributed by atoms with Gasteiger partial charge in [-0.3, -0.25) is 0 Å². The number of aliphatic hydroxyl groups excluding tert-OH is 1. The summed E-state index contributed by atoms with van der Waals surface area (Å²) in [5.41, 5.74) is 1.11. The summed E-state index contributed by atoms with van der Waals surface area (Å²) in [7, 11) is 0. The first kappa shape index (κ1) is 11.5. The quantitative estimate of drug-likeness (QED) is 0.778. The van der Waals surface area contributed by atoms with Crippen LogP contribution in [0.2, 0.25) is 0 Å². The van der Waals surface area contributed by atoms with Gasteiger partial charge in [-0.1, -0.05) is 6.42 Å². The van der Waals surface area contributed by atoms with E-state index in [4.69, 9.17) is 0 Å². The lowest BCUT2D eigenvalue weighted by Crippen LogP contribution is -2.26. The van der Waals surface area contributed by atoms with Crippen molar-refractivity contribution in [3.8, 4) is 0 Å². The first-order valence-corrected chi connectivity index (χ1v) is 5.95. The molecule has 1 saturated carbocycles. The zero-order valence-electron chi connectivity index (χ0n) is 9.47. The van der Waals surface area contributed by atoms with Gasteiger partial charge >= 0.3 is 0 Å². The van der Waals surface area contributed by atoms with Crippen LogP contribution in [0.3, 0.4) is 0 Å². The molecular weight excluding hydrogens is 202 g/mol. The van der Waals surface area contributed by atoms with Crippen molar-refractivity contribution >= 4 is 0 Å². The molecule has 0 saturated heterocycles. The summed E-state index contributed by atoms with van der Waals surface area (Å²) < 4.78 is 0. The van der Waals surface area contributed by atoms with Crippen molar-refractivity contribution in [2.45, 2.75) is 25.8 Å². The number of hydrogen-bond donors (Lipinski definition) is 2. The fourth-order valence-corrected chi connectivity index (χ4v) is 2.45. The van der Waals surface area contributed by atoms with Crippen LogP contribution in [0.25, 0.3) is 0 Å². The Bertz CT molecular complexity index is 304. The molecule has 2 atom stereocenters. The molecule has 2 rings (SSSR count). The van der Waals surface area contributed by atoms with Crippen LogP contribution in [0.5, 0.6) is 0 Å². The second-order valence-electron chi connectivity index (χ2n) is 4.51. The summed E-state index contributed by atoms with van der Waals surface area (Å²) in [6, 6.07) is 0. The van der Waals surface area contributed by atoms with Gasteiger partial charge in [-0.2, -0.15) is 0 Å². The van der Waals surface area contributed by atoms with Gasteiger partial charge in [0.25, 0.3) is 0 Å². The molecule has 1 aliphatic carbocycles. The first-order valence-electron chi connectivity index (χ1n) is 5.95. The minimum atomic E-state index is 0.334. The maximum atomic E-state index is 9.21. The van der Waals surface area contributed by atoms with E-state index >= 15 is 0 Å². The smallest absolute Gasteiger partial charge is 0.115 e. The zero-order valence-corrected chi connectivity index (χ0v) is 9.47. The molecule has 0 aromatic carbocycles. The Morgan fingerprint density at radius 3 is 2.75 bits per heavy atom. The second kappa shape index (κ2) is 5.92. The molecule has 1 aromatic rings. The number of nitrogens with zero attached hydrogens (tertiary/aromatic N) is 2. The lowest BCUT2D eigenvalue weighted by Gasteiger charge is -2.17. The molecule has 4 nitrogen and oxygen atoms in total. The summed E-state index contributed by atoms with van der Waals surface area (Å²) in [6.07, 6.45) is 8.88. The Balaban J connectivity index is 1.72. The standard InChI is InChI=1S/C12H19N3O/c16-8-12-3-1-2-11(12)7-13-4-10-5-14-9-15-6-10/h5-6,9,11-13,16H,1-4,7-8H2. The highest BCUT2D eigenvalue weighted by Crippen LogP contribution is 2.30. The van der Waals surface area contributed by atoms with Gasteiger partial charge in [0, 0.05) is 31.1 Å². The van der Waals surface area contributed by atoms with Crippen molar-refractivity contribution in [2.75, 3.05) is 13.2 Å². The van der Waals surface area contributed by atoms with Gasteiger partial charge < -0.3 is 10.4 Å². The molecule has 2 N–H and O–H groups in total. The van der Waals surface area contributed by atoms with Crippen LogP contribution in [0.1, 0.15) is 24.8 Å². The molecule has 1 heterocycles. The van der Waals surface area contributed by atoms with Gasteiger partial charge in [0.1, 0.15) is 6.33 Å². The van der Waals surface area contributed by atoms with Crippen LogP contribution < -0.4 is 5.32 Å². The average Bonchev–Trinajstić information content (AvgIpc) is 2.78. The molecular formula is C12H19N3O. The molecule has 0 amide bonds. The van der Waals surface area contributed by atoms with Gasteiger partial charge in [0.05, 0.1) is 0 Å². The molecule has 4 heteroatoms. The van der Waals surface area contributed by atoms with E-state index in [1.54, 1.807) is 6.33 Å². The van der Waals surface area contributed by atoms with Crippen molar-refractivity contribution < 1.29 is 5.11 Å². The molecule has 16 heavy (non-hydrogen) atoms. The topological polar surface area (TPSA) is 58.0 Å². The first-order chi connectivity index (χ1) is 7.90. The maximum Gasteiger partial charge on any atom is 0.115 e. The minimum absolute atomic E-state index is 0.334.